The third kappa shape index (κ3) is 1.78. The average molecular weight is 210 g/mol. The number of rotatable bonds is 3. The van der Waals surface area contributed by atoms with Gasteiger partial charge in [-0.3, -0.25) is 10.1 Å². The van der Waals surface area contributed by atoms with Crippen LogP contribution in [0.25, 0.3) is 0 Å². The summed E-state index contributed by atoms with van der Waals surface area (Å²) in [4.78, 5) is 14.1. The molecule has 86 valence electrons. The lowest BCUT2D eigenvalue weighted by molar-refractivity contribution is -0.133. The topological polar surface area (TPSA) is 32.3 Å². The fourth-order valence-electron chi connectivity index (χ4n) is 2.77. The minimum absolute atomic E-state index is 0.0116. The van der Waals surface area contributed by atoms with Gasteiger partial charge in [-0.2, -0.15) is 0 Å². The van der Waals surface area contributed by atoms with E-state index in [9.17, 15) is 4.79 Å². The fourth-order valence-corrected chi connectivity index (χ4v) is 2.77. The van der Waals surface area contributed by atoms with Crippen LogP contribution in [0.2, 0.25) is 0 Å². The maximum Gasteiger partial charge on any atom is 0.240 e. The smallest absolute Gasteiger partial charge is 0.240 e. The predicted molar refractivity (Wildman–Crippen MR) is 60.3 cm³/mol. The number of carbonyl (C=O) groups excluding carboxylic acids is 1. The van der Waals surface area contributed by atoms with Crippen LogP contribution >= 0.6 is 0 Å². The highest BCUT2D eigenvalue weighted by molar-refractivity contribution is 5.84. The van der Waals surface area contributed by atoms with Gasteiger partial charge in [0.15, 0.2) is 0 Å². The zero-order valence-corrected chi connectivity index (χ0v) is 9.99. The second kappa shape index (κ2) is 4.12. The summed E-state index contributed by atoms with van der Waals surface area (Å²) in [5.74, 6) is 1.04. The molecule has 1 N–H and O–H groups in total. The SMILES string of the molecule is CCC1NC(C)C(=O)N1C(C)C1CCC1. The first kappa shape index (κ1) is 10.9. The molecule has 2 fully saturated rings. The summed E-state index contributed by atoms with van der Waals surface area (Å²) in [6.07, 6.45) is 5.22. The van der Waals surface area contributed by atoms with Crippen LogP contribution in [0.5, 0.6) is 0 Å². The number of hydrogen-bond acceptors (Lipinski definition) is 2. The monoisotopic (exact) mass is 210 g/mol. The van der Waals surface area contributed by atoms with Gasteiger partial charge in [-0.1, -0.05) is 13.3 Å². The Hall–Kier alpha value is -0.570. The molecule has 3 unspecified atom stereocenters. The summed E-state index contributed by atoms with van der Waals surface area (Å²) in [7, 11) is 0. The Balaban J connectivity index is 2.07. The van der Waals surface area contributed by atoms with Gasteiger partial charge in [-0.15, -0.1) is 0 Å². The Morgan fingerprint density at radius 1 is 1.53 bits per heavy atom. The van der Waals surface area contributed by atoms with E-state index in [4.69, 9.17) is 0 Å². The fraction of sp³-hybridized carbons (Fsp3) is 0.917. The molecule has 3 nitrogen and oxygen atoms in total. The molecule has 3 atom stereocenters. The number of hydrogen-bond donors (Lipinski definition) is 1. The summed E-state index contributed by atoms with van der Waals surface area (Å²) in [5.41, 5.74) is 0. The first-order valence-corrected chi connectivity index (χ1v) is 6.23. The first-order chi connectivity index (χ1) is 7.15. The minimum atomic E-state index is 0.0116. The molecule has 0 radical (unpaired) electrons. The highest BCUT2D eigenvalue weighted by atomic mass is 16.2. The molecule has 0 aromatic carbocycles. The van der Waals surface area contributed by atoms with Crippen LogP contribution in [0.15, 0.2) is 0 Å². The van der Waals surface area contributed by atoms with Crippen LogP contribution in [0.4, 0.5) is 0 Å². The largest absolute Gasteiger partial charge is 0.323 e. The molecule has 2 aliphatic rings. The first-order valence-electron chi connectivity index (χ1n) is 6.23. The van der Waals surface area contributed by atoms with Gasteiger partial charge < -0.3 is 4.90 Å². The average Bonchev–Trinajstić information content (AvgIpc) is 2.40. The molecule has 0 bridgehead atoms. The summed E-state index contributed by atoms with van der Waals surface area (Å²) in [5, 5.41) is 3.36. The second-order valence-corrected chi connectivity index (χ2v) is 4.99. The van der Waals surface area contributed by atoms with E-state index in [0.717, 1.165) is 12.3 Å². The van der Waals surface area contributed by atoms with E-state index in [0.29, 0.717) is 11.9 Å². The molecular formula is C12H22N2O. The van der Waals surface area contributed by atoms with E-state index in [2.05, 4.69) is 24.1 Å². The van der Waals surface area contributed by atoms with Crippen LogP contribution in [-0.2, 0) is 4.79 Å². The Labute approximate surface area is 92.2 Å². The van der Waals surface area contributed by atoms with Gasteiger partial charge in [-0.25, -0.2) is 0 Å². The van der Waals surface area contributed by atoms with Gasteiger partial charge in [0.2, 0.25) is 5.91 Å². The Morgan fingerprint density at radius 2 is 2.20 bits per heavy atom. The van der Waals surface area contributed by atoms with Gasteiger partial charge in [0.1, 0.15) is 0 Å². The molecule has 1 aliphatic heterocycles. The Kier molecular flexibility index (Phi) is 3.01. The van der Waals surface area contributed by atoms with Crippen LogP contribution < -0.4 is 5.32 Å². The molecule has 0 aromatic rings. The standard InChI is InChI=1S/C12H22N2O/c1-4-11-13-8(2)12(15)14(11)9(3)10-6-5-7-10/h8-11,13H,4-7H2,1-3H3. The quantitative estimate of drug-likeness (QED) is 0.769. The molecule has 1 heterocycles. The second-order valence-electron chi connectivity index (χ2n) is 4.99. The lowest BCUT2D eigenvalue weighted by atomic mass is 9.79. The van der Waals surface area contributed by atoms with Crippen LogP contribution in [0, 0.1) is 5.92 Å². The lowest BCUT2D eigenvalue weighted by Gasteiger charge is -2.39. The summed E-state index contributed by atoms with van der Waals surface area (Å²) in [6, 6.07) is 0.436. The van der Waals surface area contributed by atoms with E-state index in [1.54, 1.807) is 0 Å². The van der Waals surface area contributed by atoms with Crippen molar-refractivity contribution in [2.24, 2.45) is 5.92 Å². The van der Waals surface area contributed by atoms with Crippen LogP contribution in [0.1, 0.15) is 46.5 Å². The molecule has 0 spiro atoms. The van der Waals surface area contributed by atoms with Crippen molar-refractivity contribution in [1.29, 1.82) is 0 Å². The molecule has 1 aliphatic carbocycles. The highest BCUT2D eigenvalue weighted by Crippen LogP contribution is 2.34. The molecular weight excluding hydrogens is 188 g/mol. The van der Waals surface area contributed by atoms with Crippen molar-refractivity contribution in [1.82, 2.24) is 10.2 Å². The molecule has 1 saturated carbocycles. The van der Waals surface area contributed by atoms with E-state index < -0.39 is 0 Å². The van der Waals surface area contributed by atoms with Gasteiger partial charge in [0, 0.05) is 6.04 Å². The zero-order valence-electron chi connectivity index (χ0n) is 9.99. The number of nitrogens with one attached hydrogen (secondary N) is 1. The van der Waals surface area contributed by atoms with E-state index >= 15 is 0 Å². The van der Waals surface area contributed by atoms with Crippen LogP contribution in [0.3, 0.4) is 0 Å². The normalized spacial score (nSPS) is 34.3. The number of nitrogens with zero attached hydrogens (tertiary/aromatic N) is 1. The number of amides is 1. The van der Waals surface area contributed by atoms with E-state index in [-0.39, 0.29) is 12.2 Å². The van der Waals surface area contributed by atoms with Crippen molar-refractivity contribution in [3.63, 3.8) is 0 Å². The molecule has 2 rings (SSSR count). The molecule has 0 aromatic heterocycles. The summed E-state index contributed by atoms with van der Waals surface area (Å²) < 4.78 is 0. The predicted octanol–water partition coefficient (Wildman–Crippen LogP) is 1.73. The van der Waals surface area contributed by atoms with Crippen molar-refractivity contribution >= 4 is 5.91 Å². The van der Waals surface area contributed by atoms with Gasteiger partial charge >= 0.3 is 0 Å². The zero-order chi connectivity index (χ0) is 11.0. The van der Waals surface area contributed by atoms with Gasteiger partial charge in [0.25, 0.3) is 0 Å². The van der Waals surface area contributed by atoms with Crippen LogP contribution in [-0.4, -0.2) is 29.1 Å². The summed E-state index contributed by atoms with van der Waals surface area (Å²) in [6.45, 7) is 6.33. The molecule has 1 amide bonds. The van der Waals surface area contributed by atoms with E-state index in [1.807, 2.05) is 6.92 Å². The Morgan fingerprint density at radius 3 is 2.67 bits per heavy atom. The van der Waals surface area contributed by atoms with Gasteiger partial charge in [0.05, 0.1) is 12.2 Å². The highest BCUT2D eigenvalue weighted by Gasteiger charge is 2.41. The Bertz CT molecular complexity index is 250. The molecule has 3 heteroatoms. The van der Waals surface area contributed by atoms with Crippen molar-refractivity contribution in [3.8, 4) is 0 Å². The van der Waals surface area contributed by atoms with Crippen molar-refractivity contribution in [2.75, 3.05) is 0 Å². The maximum absolute atomic E-state index is 12.0. The maximum atomic E-state index is 12.0. The molecule has 15 heavy (non-hydrogen) atoms. The van der Waals surface area contributed by atoms with Gasteiger partial charge in [-0.05, 0) is 39.0 Å². The molecule has 1 saturated heterocycles. The third-order valence-electron chi connectivity index (χ3n) is 4.06. The third-order valence-corrected chi connectivity index (χ3v) is 4.06. The van der Waals surface area contributed by atoms with Crippen molar-refractivity contribution in [2.45, 2.75) is 64.7 Å². The van der Waals surface area contributed by atoms with Crippen molar-refractivity contribution < 1.29 is 4.79 Å². The lowest BCUT2D eigenvalue weighted by Crippen LogP contribution is -2.47. The summed E-state index contributed by atoms with van der Waals surface area (Å²) >= 11 is 0. The van der Waals surface area contributed by atoms with E-state index in [1.165, 1.54) is 19.3 Å². The number of carbonyl (C=O) groups is 1. The van der Waals surface area contributed by atoms with Crippen molar-refractivity contribution in [3.05, 3.63) is 0 Å². The minimum Gasteiger partial charge on any atom is -0.323 e.